The number of rotatable bonds is 7. The number of hydrogen-bond acceptors (Lipinski definition) is 8. The van der Waals surface area contributed by atoms with Gasteiger partial charge in [-0.1, -0.05) is 0 Å². The Kier molecular flexibility index (Phi) is 6.34. The molecule has 0 aliphatic carbocycles. The highest BCUT2D eigenvalue weighted by molar-refractivity contribution is 5.94. The molecule has 2 N–H and O–H groups in total. The summed E-state index contributed by atoms with van der Waals surface area (Å²) in [6.45, 7) is 4.66. The first-order chi connectivity index (χ1) is 18.5. The van der Waals surface area contributed by atoms with E-state index in [1.807, 2.05) is 24.3 Å². The van der Waals surface area contributed by atoms with Gasteiger partial charge < -0.3 is 29.0 Å². The van der Waals surface area contributed by atoms with Crippen LogP contribution in [0.15, 0.2) is 54.7 Å². The van der Waals surface area contributed by atoms with Crippen LogP contribution in [0.2, 0.25) is 0 Å². The van der Waals surface area contributed by atoms with Gasteiger partial charge in [-0.2, -0.15) is 5.10 Å². The standard InChI is InChI=1S/C28H31N7O3/c1-17-16-37-20(14-34(2)3)15-35(17)18-7-10-22-24(12-18)31-27(30-22)26-21-9-8-19(13-23(21)32-33-26)38-28-25(36-4)6-5-11-29-28/h5-13,17,20H,14-16H2,1-4H3,(H,30,31)(H,32,33). The first kappa shape index (κ1) is 24.2. The van der Waals surface area contributed by atoms with Gasteiger partial charge in [-0.3, -0.25) is 5.10 Å². The van der Waals surface area contributed by atoms with E-state index in [9.17, 15) is 0 Å². The van der Waals surface area contributed by atoms with Crippen molar-refractivity contribution in [2.24, 2.45) is 0 Å². The number of aromatic amines is 2. The molecule has 0 bridgehead atoms. The topological polar surface area (TPSA) is 104 Å². The smallest absolute Gasteiger partial charge is 0.262 e. The quantitative estimate of drug-likeness (QED) is 0.329. The number of fused-ring (bicyclic) bond motifs is 2. The van der Waals surface area contributed by atoms with E-state index >= 15 is 0 Å². The van der Waals surface area contributed by atoms with Crippen molar-refractivity contribution in [1.82, 2.24) is 30.0 Å². The minimum atomic E-state index is 0.178. The monoisotopic (exact) mass is 513 g/mol. The number of ether oxygens (including phenoxy) is 3. The molecule has 10 nitrogen and oxygen atoms in total. The van der Waals surface area contributed by atoms with Crippen molar-refractivity contribution in [2.75, 3.05) is 45.8 Å². The summed E-state index contributed by atoms with van der Waals surface area (Å²) in [5.41, 5.74) is 4.62. The molecule has 1 aliphatic heterocycles. The number of benzene rings is 2. The lowest BCUT2D eigenvalue weighted by atomic mass is 10.1. The van der Waals surface area contributed by atoms with E-state index in [2.05, 4.69) is 69.2 Å². The zero-order chi connectivity index (χ0) is 26.2. The number of methoxy groups -OCH3 is 1. The van der Waals surface area contributed by atoms with Crippen LogP contribution in [0.4, 0.5) is 5.69 Å². The van der Waals surface area contributed by atoms with Crippen LogP contribution in [0.5, 0.6) is 17.4 Å². The minimum absolute atomic E-state index is 0.178. The normalized spacial score (nSPS) is 18.0. The fourth-order valence-electron chi connectivity index (χ4n) is 4.95. The van der Waals surface area contributed by atoms with Crippen LogP contribution in [-0.4, -0.2) is 83.1 Å². The van der Waals surface area contributed by atoms with Crippen LogP contribution in [0.3, 0.4) is 0 Å². The lowest BCUT2D eigenvalue weighted by molar-refractivity contribution is 0.00880. The van der Waals surface area contributed by atoms with Crippen molar-refractivity contribution in [3.8, 4) is 28.9 Å². The number of morpholine rings is 1. The second-order valence-electron chi connectivity index (χ2n) is 9.90. The molecule has 0 spiro atoms. The lowest BCUT2D eigenvalue weighted by Crippen LogP contribution is -2.51. The Morgan fingerprint density at radius 3 is 2.87 bits per heavy atom. The summed E-state index contributed by atoms with van der Waals surface area (Å²) < 4.78 is 17.3. The van der Waals surface area contributed by atoms with Crippen LogP contribution in [0, 0.1) is 0 Å². The number of hydrogen-bond donors (Lipinski definition) is 2. The number of imidazole rings is 1. The number of anilines is 1. The molecule has 38 heavy (non-hydrogen) atoms. The Labute approximate surface area is 220 Å². The van der Waals surface area contributed by atoms with Gasteiger partial charge in [0.25, 0.3) is 5.88 Å². The van der Waals surface area contributed by atoms with Gasteiger partial charge in [-0.25, -0.2) is 9.97 Å². The van der Waals surface area contributed by atoms with Gasteiger partial charge in [-0.15, -0.1) is 0 Å². The van der Waals surface area contributed by atoms with Gasteiger partial charge in [0.15, 0.2) is 11.6 Å². The maximum absolute atomic E-state index is 6.05. The average molecular weight is 514 g/mol. The third-order valence-electron chi connectivity index (χ3n) is 6.80. The van der Waals surface area contributed by atoms with Crippen LogP contribution in [-0.2, 0) is 4.74 Å². The largest absolute Gasteiger partial charge is 0.491 e. The van der Waals surface area contributed by atoms with Crippen LogP contribution < -0.4 is 14.4 Å². The predicted molar refractivity (Wildman–Crippen MR) is 147 cm³/mol. The number of H-pyrrole nitrogens is 2. The molecular formula is C28H31N7O3. The summed E-state index contributed by atoms with van der Waals surface area (Å²) in [6.07, 6.45) is 1.84. The highest BCUT2D eigenvalue weighted by Crippen LogP contribution is 2.33. The molecule has 2 unspecified atom stereocenters. The maximum atomic E-state index is 6.05. The molecule has 2 aromatic carbocycles. The fourth-order valence-corrected chi connectivity index (χ4v) is 4.95. The molecule has 4 heterocycles. The Balaban J connectivity index is 1.27. The Bertz CT molecular complexity index is 1580. The van der Waals surface area contributed by atoms with Crippen molar-refractivity contribution in [1.29, 1.82) is 0 Å². The molecule has 0 saturated carbocycles. The summed E-state index contributed by atoms with van der Waals surface area (Å²) in [5.74, 6) is 2.32. The number of nitrogens with zero attached hydrogens (tertiary/aromatic N) is 5. The SMILES string of the molecule is COc1cccnc1Oc1ccc2c(-c3nc4ccc(N5CC(CN(C)C)OCC5C)cc4[nH]3)n[nH]c2c1. The molecule has 1 saturated heterocycles. The zero-order valence-electron chi connectivity index (χ0n) is 21.9. The molecule has 6 rings (SSSR count). The second kappa shape index (κ2) is 9.96. The average Bonchev–Trinajstić information content (AvgIpc) is 3.53. The highest BCUT2D eigenvalue weighted by Gasteiger charge is 2.27. The summed E-state index contributed by atoms with van der Waals surface area (Å²) in [5, 5.41) is 8.61. The summed E-state index contributed by atoms with van der Waals surface area (Å²) in [7, 11) is 5.75. The summed E-state index contributed by atoms with van der Waals surface area (Å²) in [6, 6.07) is 16.0. The van der Waals surface area contributed by atoms with E-state index in [-0.39, 0.29) is 6.10 Å². The summed E-state index contributed by atoms with van der Waals surface area (Å²) in [4.78, 5) is 17.2. The number of aromatic nitrogens is 5. The lowest BCUT2D eigenvalue weighted by Gasteiger charge is -2.40. The van der Waals surface area contributed by atoms with Crippen LogP contribution in [0.1, 0.15) is 6.92 Å². The van der Waals surface area contributed by atoms with Gasteiger partial charge in [0, 0.05) is 42.5 Å². The zero-order valence-corrected chi connectivity index (χ0v) is 21.9. The van der Waals surface area contributed by atoms with Crippen LogP contribution in [0.25, 0.3) is 33.5 Å². The third kappa shape index (κ3) is 4.64. The van der Waals surface area contributed by atoms with Gasteiger partial charge >= 0.3 is 0 Å². The van der Waals surface area contributed by atoms with Gasteiger partial charge in [0.1, 0.15) is 11.4 Å². The van der Waals surface area contributed by atoms with Gasteiger partial charge in [0.05, 0.1) is 36.4 Å². The molecule has 3 aromatic heterocycles. The molecule has 10 heteroatoms. The second-order valence-corrected chi connectivity index (χ2v) is 9.90. The summed E-state index contributed by atoms with van der Waals surface area (Å²) >= 11 is 0. The molecule has 1 fully saturated rings. The van der Waals surface area contributed by atoms with Crippen molar-refractivity contribution < 1.29 is 14.2 Å². The van der Waals surface area contributed by atoms with E-state index in [1.54, 1.807) is 19.4 Å². The van der Waals surface area contributed by atoms with Crippen molar-refractivity contribution in [2.45, 2.75) is 19.1 Å². The highest BCUT2D eigenvalue weighted by atomic mass is 16.5. The Morgan fingerprint density at radius 2 is 2.03 bits per heavy atom. The molecule has 2 atom stereocenters. The van der Waals surface area contributed by atoms with Crippen LogP contribution >= 0.6 is 0 Å². The molecule has 0 radical (unpaired) electrons. The first-order valence-electron chi connectivity index (χ1n) is 12.7. The van der Waals surface area contributed by atoms with Crippen molar-refractivity contribution in [3.05, 3.63) is 54.7 Å². The van der Waals surface area contributed by atoms with Crippen molar-refractivity contribution in [3.63, 3.8) is 0 Å². The Hall–Kier alpha value is -4.15. The van der Waals surface area contributed by atoms with E-state index < -0.39 is 0 Å². The van der Waals surface area contributed by atoms with Crippen molar-refractivity contribution >= 4 is 27.6 Å². The van der Waals surface area contributed by atoms with E-state index in [4.69, 9.17) is 19.2 Å². The van der Waals surface area contributed by atoms with Gasteiger partial charge in [-0.05, 0) is 63.5 Å². The van der Waals surface area contributed by atoms with E-state index in [0.717, 1.165) is 46.4 Å². The fraction of sp³-hybridized carbons (Fsp3) is 0.321. The molecule has 1 aliphatic rings. The molecular weight excluding hydrogens is 482 g/mol. The number of pyridine rings is 1. The van der Waals surface area contributed by atoms with E-state index in [1.165, 1.54) is 0 Å². The molecule has 196 valence electrons. The number of likely N-dealkylation sites (N-methyl/N-ethyl adjacent to an activating group) is 1. The maximum Gasteiger partial charge on any atom is 0.262 e. The Morgan fingerprint density at radius 1 is 1.13 bits per heavy atom. The molecule has 0 amide bonds. The number of nitrogens with one attached hydrogen (secondary N) is 2. The third-order valence-corrected chi connectivity index (χ3v) is 6.80. The van der Waals surface area contributed by atoms with E-state index in [0.29, 0.717) is 35.9 Å². The minimum Gasteiger partial charge on any atom is -0.491 e. The predicted octanol–water partition coefficient (Wildman–Crippen LogP) is 4.46. The first-order valence-corrected chi connectivity index (χ1v) is 12.7. The molecule has 5 aromatic rings. The van der Waals surface area contributed by atoms with Gasteiger partial charge in [0.2, 0.25) is 0 Å².